The monoisotopic (exact) mass is 422 g/mol. The van der Waals surface area contributed by atoms with Crippen molar-refractivity contribution in [2.45, 2.75) is 19.3 Å². The summed E-state index contributed by atoms with van der Waals surface area (Å²) in [5, 5.41) is 8.84. The Hall–Kier alpha value is -4.06. The normalized spacial score (nSPS) is 11.7. The Morgan fingerprint density at radius 1 is 0.968 bits per heavy atom. The van der Waals surface area contributed by atoms with Gasteiger partial charge in [0.05, 0.1) is 12.5 Å². The summed E-state index contributed by atoms with van der Waals surface area (Å²) >= 11 is 0. The number of hydrogen-bond acceptors (Lipinski definition) is 6. The fourth-order valence-corrected chi connectivity index (χ4v) is 2.97. The van der Waals surface area contributed by atoms with Gasteiger partial charge in [-0.25, -0.2) is 0 Å². The Morgan fingerprint density at radius 2 is 1.71 bits per heavy atom. The van der Waals surface area contributed by atoms with Crippen molar-refractivity contribution in [3.8, 4) is 17.6 Å². The second kappa shape index (κ2) is 10.6. The number of amides is 3. The van der Waals surface area contributed by atoms with E-state index in [0.717, 1.165) is 0 Å². The number of carbonyl (C=O) groups excluding carboxylic acids is 3. The topological polar surface area (TPSA) is 121 Å². The molecule has 0 unspecified atom stereocenters. The molecule has 1 aliphatic rings. The van der Waals surface area contributed by atoms with Crippen LogP contribution in [0.1, 0.15) is 29.6 Å². The van der Waals surface area contributed by atoms with E-state index in [1.165, 1.54) is 11.0 Å². The summed E-state index contributed by atoms with van der Waals surface area (Å²) in [7, 11) is 0. The molecule has 0 aliphatic carbocycles. The minimum atomic E-state index is -0.517. The van der Waals surface area contributed by atoms with Crippen LogP contribution in [0, 0.1) is 11.3 Å². The second-order valence-corrected chi connectivity index (χ2v) is 6.65. The molecule has 31 heavy (non-hydrogen) atoms. The Labute approximate surface area is 179 Å². The minimum Gasteiger partial charge on any atom is -0.486 e. The molecule has 0 aromatic heterocycles. The van der Waals surface area contributed by atoms with Gasteiger partial charge in [0.1, 0.15) is 13.2 Å². The standard InChI is InChI=1S/C22H22N4O5/c23-11-4-12-26(17-5-2-1-3-6-17)21(28)10-9-20(27)24-25-22(29)16-7-8-18-19(15-16)31-14-13-30-18/h1-3,5-8,15H,4,9-10,12-14H2,(H,24,27)(H,25,29). The average Bonchev–Trinajstić information content (AvgIpc) is 2.81. The fourth-order valence-electron chi connectivity index (χ4n) is 2.97. The molecule has 0 saturated heterocycles. The first-order valence-electron chi connectivity index (χ1n) is 9.79. The third-order valence-corrected chi connectivity index (χ3v) is 4.50. The third kappa shape index (κ3) is 5.96. The molecule has 0 bridgehead atoms. The SMILES string of the molecule is N#CCCN(C(=O)CCC(=O)NNC(=O)c1ccc2c(c1)OCCO2)c1ccccc1. The number of hydrazine groups is 1. The van der Waals surface area contributed by atoms with Crippen molar-refractivity contribution in [3.05, 3.63) is 54.1 Å². The van der Waals surface area contributed by atoms with Crippen LogP contribution in [0.25, 0.3) is 0 Å². The number of carbonyl (C=O) groups is 3. The quantitative estimate of drug-likeness (QED) is 0.658. The van der Waals surface area contributed by atoms with Crippen LogP contribution in [0.4, 0.5) is 5.69 Å². The van der Waals surface area contributed by atoms with Crippen molar-refractivity contribution < 1.29 is 23.9 Å². The summed E-state index contributed by atoms with van der Waals surface area (Å²) in [6.07, 6.45) is 0.000606. The molecular formula is C22H22N4O5. The van der Waals surface area contributed by atoms with E-state index in [-0.39, 0.29) is 31.7 Å². The number of rotatable bonds is 7. The Balaban J connectivity index is 1.49. The summed E-state index contributed by atoms with van der Waals surface area (Å²) in [4.78, 5) is 38.4. The van der Waals surface area contributed by atoms with E-state index >= 15 is 0 Å². The summed E-state index contributed by atoms with van der Waals surface area (Å²) in [5.74, 6) is -0.280. The number of nitrogens with zero attached hydrogens (tertiary/aromatic N) is 2. The van der Waals surface area contributed by atoms with Gasteiger partial charge in [-0.05, 0) is 30.3 Å². The molecule has 1 heterocycles. The molecule has 1 aliphatic heterocycles. The number of hydrogen-bond donors (Lipinski definition) is 2. The zero-order valence-corrected chi connectivity index (χ0v) is 16.8. The maximum Gasteiger partial charge on any atom is 0.269 e. The molecule has 2 aromatic rings. The minimum absolute atomic E-state index is 0.0634. The van der Waals surface area contributed by atoms with Crippen LogP contribution in [-0.2, 0) is 9.59 Å². The fraction of sp³-hybridized carbons (Fsp3) is 0.273. The van der Waals surface area contributed by atoms with Gasteiger partial charge in [0.2, 0.25) is 11.8 Å². The molecule has 0 fully saturated rings. The maximum atomic E-state index is 12.6. The average molecular weight is 422 g/mol. The molecular weight excluding hydrogens is 400 g/mol. The smallest absolute Gasteiger partial charge is 0.269 e. The predicted octanol–water partition coefficient (Wildman–Crippen LogP) is 1.95. The molecule has 2 N–H and O–H groups in total. The van der Waals surface area contributed by atoms with E-state index in [2.05, 4.69) is 10.9 Å². The number of benzene rings is 2. The lowest BCUT2D eigenvalue weighted by Crippen LogP contribution is -2.42. The number of anilines is 1. The summed E-state index contributed by atoms with van der Waals surface area (Å²) in [6, 6.07) is 15.7. The van der Waals surface area contributed by atoms with Gasteiger partial charge in [-0.2, -0.15) is 5.26 Å². The van der Waals surface area contributed by atoms with E-state index in [1.54, 1.807) is 36.4 Å². The zero-order valence-electron chi connectivity index (χ0n) is 16.8. The molecule has 9 heteroatoms. The molecule has 0 radical (unpaired) electrons. The Morgan fingerprint density at radius 3 is 2.45 bits per heavy atom. The lowest BCUT2D eigenvalue weighted by Gasteiger charge is -2.21. The molecule has 0 saturated carbocycles. The second-order valence-electron chi connectivity index (χ2n) is 6.65. The van der Waals surface area contributed by atoms with Gasteiger partial charge in [-0.15, -0.1) is 0 Å². The van der Waals surface area contributed by atoms with E-state index in [0.29, 0.717) is 36.0 Å². The van der Waals surface area contributed by atoms with Gasteiger partial charge in [-0.1, -0.05) is 18.2 Å². The van der Waals surface area contributed by atoms with Gasteiger partial charge in [0, 0.05) is 30.6 Å². The van der Waals surface area contributed by atoms with E-state index in [9.17, 15) is 14.4 Å². The number of nitriles is 1. The molecule has 9 nitrogen and oxygen atoms in total. The van der Waals surface area contributed by atoms with Gasteiger partial charge < -0.3 is 14.4 Å². The number of ether oxygens (including phenoxy) is 2. The van der Waals surface area contributed by atoms with Crippen LogP contribution in [0.15, 0.2) is 48.5 Å². The Bertz CT molecular complexity index is 987. The van der Waals surface area contributed by atoms with Crippen molar-refractivity contribution in [1.82, 2.24) is 10.9 Å². The van der Waals surface area contributed by atoms with Gasteiger partial charge in [0.25, 0.3) is 5.91 Å². The van der Waals surface area contributed by atoms with Crippen molar-refractivity contribution in [3.63, 3.8) is 0 Å². The van der Waals surface area contributed by atoms with Gasteiger partial charge in [-0.3, -0.25) is 25.2 Å². The first-order chi connectivity index (χ1) is 15.1. The van der Waals surface area contributed by atoms with Crippen molar-refractivity contribution in [2.24, 2.45) is 0 Å². The van der Waals surface area contributed by atoms with Crippen LogP contribution in [0.2, 0.25) is 0 Å². The highest BCUT2D eigenvalue weighted by Gasteiger charge is 2.18. The zero-order chi connectivity index (χ0) is 22.1. The molecule has 3 amide bonds. The van der Waals surface area contributed by atoms with Crippen molar-refractivity contribution in [2.75, 3.05) is 24.7 Å². The van der Waals surface area contributed by atoms with E-state index in [1.807, 2.05) is 12.1 Å². The highest BCUT2D eigenvalue weighted by molar-refractivity contribution is 5.97. The third-order valence-electron chi connectivity index (χ3n) is 4.50. The van der Waals surface area contributed by atoms with Crippen LogP contribution < -0.4 is 25.2 Å². The first kappa shape index (κ1) is 21.6. The lowest BCUT2D eigenvalue weighted by molar-refractivity contribution is -0.125. The predicted molar refractivity (Wildman–Crippen MR) is 111 cm³/mol. The number of fused-ring (bicyclic) bond motifs is 1. The molecule has 3 rings (SSSR count). The van der Waals surface area contributed by atoms with Gasteiger partial charge in [0.15, 0.2) is 11.5 Å². The van der Waals surface area contributed by atoms with Crippen LogP contribution in [-0.4, -0.2) is 37.5 Å². The molecule has 0 spiro atoms. The molecule has 0 atom stereocenters. The van der Waals surface area contributed by atoms with Gasteiger partial charge >= 0.3 is 0 Å². The van der Waals surface area contributed by atoms with Crippen molar-refractivity contribution >= 4 is 23.4 Å². The number of para-hydroxylation sites is 1. The van der Waals surface area contributed by atoms with Crippen LogP contribution in [0.5, 0.6) is 11.5 Å². The summed E-state index contributed by atoms with van der Waals surface area (Å²) in [6.45, 7) is 1.09. The van der Waals surface area contributed by atoms with Crippen LogP contribution in [0.3, 0.4) is 0 Å². The lowest BCUT2D eigenvalue weighted by atomic mass is 10.2. The highest BCUT2D eigenvalue weighted by atomic mass is 16.6. The molecule has 2 aromatic carbocycles. The first-order valence-corrected chi connectivity index (χ1v) is 9.79. The van der Waals surface area contributed by atoms with Crippen LogP contribution >= 0.6 is 0 Å². The molecule has 160 valence electrons. The van der Waals surface area contributed by atoms with E-state index < -0.39 is 11.8 Å². The van der Waals surface area contributed by atoms with E-state index in [4.69, 9.17) is 14.7 Å². The largest absolute Gasteiger partial charge is 0.486 e. The highest BCUT2D eigenvalue weighted by Crippen LogP contribution is 2.30. The Kier molecular flexibility index (Phi) is 7.43. The summed E-state index contributed by atoms with van der Waals surface area (Å²) in [5.41, 5.74) is 5.59. The van der Waals surface area contributed by atoms with Crippen molar-refractivity contribution in [1.29, 1.82) is 5.26 Å². The maximum absolute atomic E-state index is 12.6. The summed E-state index contributed by atoms with van der Waals surface area (Å²) < 4.78 is 10.8. The number of nitrogens with one attached hydrogen (secondary N) is 2.